The van der Waals surface area contributed by atoms with Crippen LogP contribution in [0.5, 0.6) is 0 Å². The van der Waals surface area contributed by atoms with Crippen LogP contribution in [-0.2, 0) is 17.6 Å². The molecule has 82 valence electrons. The Bertz CT molecular complexity index is 414. The first-order valence-corrected chi connectivity index (χ1v) is 5.86. The molecule has 1 heterocycles. The molecule has 1 unspecified atom stereocenters. The van der Waals surface area contributed by atoms with Crippen LogP contribution in [0.2, 0.25) is 0 Å². The van der Waals surface area contributed by atoms with Crippen molar-refractivity contribution < 1.29 is 4.74 Å². The lowest BCUT2D eigenvalue weighted by atomic mass is 10.2. The third-order valence-electron chi connectivity index (χ3n) is 2.78. The Balaban J connectivity index is 2.35. The summed E-state index contributed by atoms with van der Waals surface area (Å²) in [7, 11) is 0. The fraction of sp³-hybridized carbons (Fsp3) is 0.636. The van der Waals surface area contributed by atoms with E-state index in [0.717, 1.165) is 23.3 Å². The molecule has 0 aliphatic heterocycles. The molecule has 0 saturated heterocycles. The number of hydrogen-bond donors (Lipinski definition) is 1. The highest BCUT2D eigenvalue weighted by atomic mass is 32.1. The van der Waals surface area contributed by atoms with E-state index in [1.54, 1.807) is 0 Å². The second-order valence-electron chi connectivity index (χ2n) is 3.84. The molecule has 4 heteroatoms. The zero-order valence-corrected chi connectivity index (χ0v) is 9.99. The van der Waals surface area contributed by atoms with Crippen molar-refractivity contribution in [2.45, 2.75) is 39.2 Å². The maximum Gasteiger partial charge on any atom is 0.136 e. The van der Waals surface area contributed by atoms with Crippen LogP contribution in [0.15, 0.2) is 0 Å². The van der Waals surface area contributed by atoms with Gasteiger partial charge in [0.25, 0.3) is 0 Å². The van der Waals surface area contributed by atoms with E-state index < -0.39 is 0 Å². The Morgan fingerprint density at radius 1 is 1.53 bits per heavy atom. The Labute approximate surface area is 94.9 Å². The summed E-state index contributed by atoms with van der Waals surface area (Å²) in [6, 6.07) is 0. The van der Waals surface area contributed by atoms with E-state index in [9.17, 15) is 0 Å². The summed E-state index contributed by atoms with van der Waals surface area (Å²) in [4.78, 5) is 7.75. The zero-order valence-electron chi connectivity index (χ0n) is 9.17. The van der Waals surface area contributed by atoms with Gasteiger partial charge >= 0.3 is 0 Å². The van der Waals surface area contributed by atoms with Crippen molar-refractivity contribution in [3.63, 3.8) is 0 Å². The summed E-state index contributed by atoms with van der Waals surface area (Å²) in [6.45, 7) is 4.68. The fourth-order valence-corrected chi connectivity index (χ4v) is 2.32. The molecule has 1 N–H and O–H groups in total. The van der Waals surface area contributed by atoms with Gasteiger partial charge in [0.1, 0.15) is 16.6 Å². The number of rotatable bonds is 3. The lowest BCUT2D eigenvalue weighted by Gasteiger charge is -2.12. The van der Waals surface area contributed by atoms with Gasteiger partial charge in [0, 0.05) is 17.9 Å². The Morgan fingerprint density at radius 3 is 3.07 bits per heavy atom. The van der Waals surface area contributed by atoms with Gasteiger partial charge in [-0.25, -0.2) is 4.98 Å². The standard InChI is InChI=1S/C11H16N2OS/c1-3-14-7(2)10-12-9-6-4-5-8(9)11(15)13-10/h7H,3-6H2,1-2H3,(H,12,13,15). The number of hydrogen-bond acceptors (Lipinski definition) is 3. The largest absolute Gasteiger partial charge is 0.371 e. The van der Waals surface area contributed by atoms with Gasteiger partial charge in [0.05, 0.1) is 0 Å². The molecule has 0 radical (unpaired) electrons. The predicted molar refractivity (Wildman–Crippen MR) is 61.5 cm³/mol. The monoisotopic (exact) mass is 224 g/mol. The highest BCUT2D eigenvalue weighted by Gasteiger charge is 2.17. The molecular formula is C11H16N2OS. The van der Waals surface area contributed by atoms with Crippen LogP contribution in [0.4, 0.5) is 0 Å². The SMILES string of the molecule is CCOC(C)c1nc(=S)c2c([nH]1)CCC2. The van der Waals surface area contributed by atoms with Crippen LogP contribution in [0, 0.1) is 4.64 Å². The summed E-state index contributed by atoms with van der Waals surface area (Å²) in [5.74, 6) is 0.863. The van der Waals surface area contributed by atoms with Crippen molar-refractivity contribution in [3.05, 3.63) is 21.7 Å². The smallest absolute Gasteiger partial charge is 0.136 e. The third kappa shape index (κ3) is 2.11. The zero-order chi connectivity index (χ0) is 10.8. The van der Waals surface area contributed by atoms with E-state index in [1.165, 1.54) is 17.7 Å². The summed E-state index contributed by atoms with van der Waals surface area (Å²) in [5.41, 5.74) is 2.49. The lowest BCUT2D eigenvalue weighted by molar-refractivity contribution is 0.0698. The van der Waals surface area contributed by atoms with Crippen molar-refractivity contribution in [1.29, 1.82) is 0 Å². The van der Waals surface area contributed by atoms with E-state index in [-0.39, 0.29) is 6.10 Å². The van der Waals surface area contributed by atoms with Crippen LogP contribution in [0.3, 0.4) is 0 Å². The molecule has 1 aliphatic rings. The van der Waals surface area contributed by atoms with E-state index in [2.05, 4.69) is 9.97 Å². The number of H-pyrrole nitrogens is 1. The number of aryl methyl sites for hydroxylation is 1. The molecule has 2 rings (SSSR count). The molecule has 3 nitrogen and oxygen atoms in total. The molecule has 1 aromatic rings. The number of fused-ring (bicyclic) bond motifs is 1. The van der Waals surface area contributed by atoms with E-state index in [4.69, 9.17) is 17.0 Å². The van der Waals surface area contributed by atoms with Gasteiger partial charge in [0.15, 0.2) is 0 Å². The van der Waals surface area contributed by atoms with Crippen molar-refractivity contribution in [1.82, 2.24) is 9.97 Å². The van der Waals surface area contributed by atoms with Crippen molar-refractivity contribution in [3.8, 4) is 0 Å². The van der Waals surface area contributed by atoms with Gasteiger partial charge < -0.3 is 9.72 Å². The van der Waals surface area contributed by atoms with Gasteiger partial charge in [-0.05, 0) is 33.1 Å². The number of aromatic amines is 1. The quantitative estimate of drug-likeness (QED) is 0.802. The first kappa shape index (κ1) is 10.8. The lowest BCUT2D eigenvalue weighted by Crippen LogP contribution is -2.07. The normalized spacial score (nSPS) is 16.4. The topological polar surface area (TPSA) is 37.9 Å². The highest BCUT2D eigenvalue weighted by molar-refractivity contribution is 7.71. The Morgan fingerprint density at radius 2 is 2.33 bits per heavy atom. The summed E-state index contributed by atoms with van der Waals surface area (Å²) >= 11 is 5.28. The van der Waals surface area contributed by atoms with Crippen LogP contribution >= 0.6 is 12.2 Å². The summed E-state index contributed by atoms with van der Waals surface area (Å²) in [6.07, 6.45) is 3.35. The molecule has 0 fully saturated rings. The number of nitrogens with one attached hydrogen (secondary N) is 1. The van der Waals surface area contributed by atoms with Crippen LogP contribution < -0.4 is 0 Å². The number of ether oxygens (including phenoxy) is 1. The Hall–Kier alpha value is -0.740. The first-order chi connectivity index (χ1) is 7.22. The first-order valence-electron chi connectivity index (χ1n) is 5.46. The maximum absolute atomic E-state index is 5.50. The van der Waals surface area contributed by atoms with Crippen LogP contribution in [-0.4, -0.2) is 16.6 Å². The van der Waals surface area contributed by atoms with Gasteiger partial charge in [-0.3, -0.25) is 0 Å². The average Bonchev–Trinajstić information content (AvgIpc) is 2.66. The molecular weight excluding hydrogens is 208 g/mol. The minimum atomic E-state index is 0.00241. The molecule has 0 aromatic carbocycles. The minimum Gasteiger partial charge on any atom is -0.371 e. The van der Waals surface area contributed by atoms with E-state index >= 15 is 0 Å². The molecule has 1 aliphatic carbocycles. The van der Waals surface area contributed by atoms with Gasteiger partial charge in [-0.15, -0.1) is 0 Å². The highest BCUT2D eigenvalue weighted by Crippen LogP contribution is 2.22. The van der Waals surface area contributed by atoms with Gasteiger partial charge in [0.2, 0.25) is 0 Å². The molecule has 1 atom stereocenters. The van der Waals surface area contributed by atoms with Crippen molar-refractivity contribution >= 4 is 12.2 Å². The minimum absolute atomic E-state index is 0.00241. The van der Waals surface area contributed by atoms with Gasteiger partial charge in [-0.1, -0.05) is 12.2 Å². The average molecular weight is 224 g/mol. The maximum atomic E-state index is 5.50. The van der Waals surface area contributed by atoms with E-state index in [0.29, 0.717) is 6.61 Å². The molecule has 15 heavy (non-hydrogen) atoms. The summed E-state index contributed by atoms with van der Waals surface area (Å²) in [5, 5.41) is 0. The van der Waals surface area contributed by atoms with Crippen molar-refractivity contribution in [2.75, 3.05) is 6.61 Å². The second-order valence-corrected chi connectivity index (χ2v) is 4.22. The summed E-state index contributed by atoms with van der Waals surface area (Å²) < 4.78 is 6.26. The molecule has 0 amide bonds. The third-order valence-corrected chi connectivity index (χ3v) is 3.12. The molecule has 1 aromatic heterocycles. The second kappa shape index (κ2) is 4.41. The van der Waals surface area contributed by atoms with E-state index in [1.807, 2.05) is 13.8 Å². The molecule has 0 bridgehead atoms. The van der Waals surface area contributed by atoms with Crippen LogP contribution in [0.1, 0.15) is 43.5 Å². The molecule has 0 saturated carbocycles. The molecule has 0 spiro atoms. The Kier molecular flexibility index (Phi) is 3.17. The predicted octanol–water partition coefficient (Wildman–Crippen LogP) is 2.73. The fourth-order valence-electron chi connectivity index (χ4n) is 2.00. The van der Waals surface area contributed by atoms with Crippen molar-refractivity contribution in [2.24, 2.45) is 0 Å². The van der Waals surface area contributed by atoms with Gasteiger partial charge in [-0.2, -0.15) is 0 Å². The van der Waals surface area contributed by atoms with Crippen LogP contribution in [0.25, 0.3) is 0 Å². The number of aromatic nitrogens is 2. The number of nitrogens with zero attached hydrogens (tertiary/aromatic N) is 1.